The SMILES string of the molecule is CN1CCCC(c2ccc3c(c2)CN(C2CCC(=O)NC2=O)C3=O)CC1. The lowest BCUT2D eigenvalue weighted by molar-refractivity contribution is -0.136. The zero-order valence-electron chi connectivity index (χ0n) is 15.2. The number of rotatable bonds is 2. The number of benzene rings is 1. The molecule has 0 spiro atoms. The Morgan fingerprint density at radius 1 is 1.08 bits per heavy atom. The van der Waals surface area contributed by atoms with Crippen molar-refractivity contribution in [2.45, 2.75) is 50.6 Å². The minimum absolute atomic E-state index is 0.0957. The van der Waals surface area contributed by atoms with Gasteiger partial charge in [-0.15, -0.1) is 0 Å². The van der Waals surface area contributed by atoms with Crippen molar-refractivity contribution < 1.29 is 14.4 Å². The van der Waals surface area contributed by atoms with Crippen LogP contribution in [0.5, 0.6) is 0 Å². The van der Waals surface area contributed by atoms with Gasteiger partial charge in [0.25, 0.3) is 5.91 Å². The van der Waals surface area contributed by atoms with Gasteiger partial charge in [-0.25, -0.2) is 0 Å². The van der Waals surface area contributed by atoms with Crippen molar-refractivity contribution in [2.24, 2.45) is 0 Å². The first-order valence-electron chi connectivity index (χ1n) is 9.49. The summed E-state index contributed by atoms with van der Waals surface area (Å²) in [6, 6.07) is 5.63. The molecule has 2 saturated heterocycles. The van der Waals surface area contributed by atoms with Crippen LogP contribution in [0.25, 0.3) is 0 Å². The highest BCUT2D eigenvalue weighted by Crippen LogP contribution is 2.33. The molecule has 3 heterocycles. The fourth-order valence-electron chi connectivity index (χ4n) is 4.42. The molecule has 3 aliphatic rings. The highest BCUT2D eigenvalue weighted by molar-refractivity contribution is 6.05. The third kappa shape index (κ3) is 3.14. The fraction of sp³-hybridized carbons (Fsp3) is 0.550. The van der Waals surface area contributed by atoms with Crippen molar-refractivity contribution in [1.29, 1.82) is 0 Å². The summed E-state index contributed by atoms with van der Waals surface area (Å²) >= 11 is 0. The van der Waals surface area contributed by atoms with Crippen molar-refractivity contribution in [3.8, 4) is 0 Å². The average Bonchev–Trinajstić information content (AvgIpc) is 2.78. The number of likely N-dealkylation sites (tertiary alicyclic amines) is 1. The number of piperidine rings is 1. The number of hydrogen-bond donors (Lipinski definition) is 1. The van der Waals surface area contributed by atoms with Gasteiger partial charge in [-0.05, 0) is 68.9 Å². The van der Waals surface area contributed by atoms with E-state index in [0.717, 1.165) is 25.1 Å². The highest BCUT2D eigenvalue weighted by Gasteiger charge is 2.39. The van der Waals surface area contributed by atoms with Gasteiger partial charge in [0.05, 0.1) is 0 Å². The van der Waals surface area contributed by atoms with Crippen LogP contribution in [0.15, 0.2) is 18.2 Å². The molecule has 2 atom stereocenters. The molecule has 6 nitrogen and oxygen atoms in total. The Balaban J connectivity index is 1.53. The first-order chi connectivity index (χ1) is 12.5. The molecule has 0 aromatic heterocycles. The van der Waals surface area contributed by atoms with Gasteiger partial charge in [0, 0.05) is 18.5 Å². The first-order valence-corrected chi connectivity index (χ1v) is 9.49. The Bertz CT molecular complexity index is 761. The summed E-state index contributed by atoms with van der Waals surface area (Å²) in [6.07, 6.45) is 4.21. The molecule has 2 unspecified atom stereocenters. The molecule has 0 aliphatic carbocycles. The van der Waals surface area contributed by atoms with Crippen LogP contribution in [0, 0.1) is 0 Å². The predicted octanol–water partition coefficient (Wildman–Crippen LogP) is 1.65. The molecule has 1 N–H and O–H groups in total. The van der Waals surface area contributed by atoms with Gasteiger partial charge in [0.15, 0.2) is 0 Å². The number of fused-ring (bicyclic) bond motifs is 1. The molecule has 1 aromatic rings. The number of hydrogen-bond acceptors (Lipinski definition) is 4. The molecule has 138 valence electrons. The quantitative estimate of drug-likeness (QED) is 0.819. The predicted molar refractivity (Wildman–Crippen MR) is 96.6 cm³/mol. The van der Waals surface area contributed by atoms with Crippen LogP contribution in [-0.2, 0) is 16.1 Å². The minimum atomic E-state index is -0.539. The molecular formula is C20H25N3O3. The lowest BCUT2D eigenvalue weighted by Gasteiger charge is -2.29. The lowest BCUT2D eigenvalue weighted by atomic mass is 9.90. The van der Waals surface area contributed by atoms with E-state index in [1.807, 2.05) is 6.07 Å². The number of nitrogens with one attached hydrogen (secondary N) is 1. The maximum Gasteiger partial charge on any atom is 0.255 e. The average molecular weight is 355 g/mol. The van der Waals surface area contributed by atoms with E-state index in [0.29, 0.717) is 24.4 Å². The number of carbonyl (C=O) groups excluding carboxylic acids is 3. The maximum absolute atomic E-state index is 12.8. The summed E-state index contributed by atoms with van der Waals surface area (Å²) in [5.41, 5.74) is 3.01. The Morgan fingerprint density at radius 3 is 2.73 bits per heavy atom. The molecule has 2 fully saturated rings. The standard InChI is InChI=1S/C20H25N3O3/c1-22-9-2-3-13(8-10-22)14-4-5-16-15(11-14)12-23(20(16)26)17-6-7-18(24)21-19(17)25/h4-5,11,13,17H,2-3,6-10,12H2,1H3,(H,21,24,25). The van der Waals surface area contributed by atoms with E-state index in [4.69, 9.17) is 0 Å². The van der Waals surface area contributed by atoms with Crippen molar-refractivity contribution in [3.05, 3.63) is 34.9 Å². The van der Waals surface area contributed by atoms with E-state index in [-0.39, 0.29) is 24.1 Å². The van der Waals surface area contributed by atoms with Crippen LogP contribution in [-0.4, -0.2) is 53.7 Å². The van der Waals surface area contributed by atoms with Crippen molar-refractivity contribution in [3.63, 3.8) is 0 Å². The number of imide groups is 1. The van der Waals surface area contributed by atoms with Crippen molar-refractivity contribution >= 4 is 17.7 Å². The third-order valence-electron chi connectivity index (χ3n) is 5.97. The van der Waals surface area contributed by atoms with Gasteiger partial charge in [-0.2, -0.15) is 0 Å². The maximum atomic E-state index is 12.8. The third-order valence-corrected chi connectivity index (χ3v) is 5.97. The van der Waals surface area contributed by atoms with E-state index < -0.39 is 6.04 Å². The molecule has 0 bridgehead atoms. The molecule has 1 aromatic carbocycles. The highest BCUT2D eigenvalue weighted by atomic mass is 16.2. The van der Waals surface area contributed by atoms with Crippen LogP contribution in [0.1, 0.15) is 59.5 Å². The van der Waals surface area contributed by atoms with Gasteiger partial charge in [0.2, 0.25) is 11.8 Å². The van der Waals surface area contributed by atoms with Gasteiger partial charge >= 0.3 is 0 Å². The molecular weight excluding hydrogens is 330 g/mol. The summed E-state index contributed by atoms with van der Waals surface area (Å²) in [5, 5.41) is 2.35. The summed E-state index contributed by atoms with van der Waals surface area (Å²) in [6.45, 7) is 2.70. The van der Waals surface area contributed by atoms with Gasteiger partial charge in [0.1, 0.15) is 6.04 Å². The van der Waals surface area contributed by atoms with Gasteiger partial charge in [-0.1, -0.05) is 12.1 Å². The monoisotopic (exact) mass is 355 g/mol. The summed E-state index contributed by atoms with van der Waals surface area (Å²) in [4.78, 5) is 40.3. The Hall–Kier alpha value is -2.21. The van der Waals surface area contributed by atoms with Crippen LogP contribution in [0.3, 0.4) is 0 Å². The van der Waals surface area contributed by atoms with E-state index in [9.17, 15) is 14.4 Å². The molecule has 4 rings (SSSR count). The van der Waals surface area contributed by atoms with Crippen LogP contribution < -0.4 is 5.32 Å². The lowest BCUT2D eigenvalue weighted by Crippen LogP contribution is -2.52. The smallest absolute Gasteiger partial charge is 0.255 e. The molecule has 26 heavy (non-hydrogen) atoms. The van der Waals surface area contributed by atoms with Crippen LogP contribution >= 0.6 is 0 Å². The zero-order valence-corrected chi connectivity index (χ0v) is 15.2. The van der Waals surface area contributed by atoms with Gasteiger partial charge in [-0.3, -0.25) is 19.7 Å². The van der Waals surface area contributed by atoms with Crippen molar-refractivity contribution in [1.82, 2.24) is 15.1 Å². The normalized spacial score (nSPS) is 27.3. The Morgan fingerprint density at radius 2 is 1.92 bits per heavy atom. The van der Waals surface area contributed by atoms with E-state index >= 15 is 0 Å². The molecule has 6 heteroatoms. The summed E-state index contributed by atoms with van der Waals surface area (Å²) < 4.78 is 0. The second-order valence-corrected chi connectivity index (χ2v) is 7.75. The van der Waals surface area contributed by atoms with Gasteiger partial charge < -0.3 is 9.80 Å². The zero-order chi connectivity index (χ0) is 18.3. The molecule has 3 amide bonds. The minimum Gasteiger partial charge on any atom is -0.322 e. The largest absolute Gasteiger partial charge is 0.322 e. The number of carbonyl (C=O) groups is 3. The topological polar surface area (TPSA) is 69.7 Å². The summed E-state index contributed by atoms with van der Waals surface area (Å²) in [5.74, 6) is -0.169. The van der Waals surface area contributed by atoms with Crippen LogP contribution in [0.4, 0.5) is 0 Å². The Labute approximate surface area is 153 Å². The molecule has 0 radical (unpaired) electrons. The van der Waals surface area contributed by atoms with E-state index in [1.165, 1.54) is 18.4 Å². The van der Waals surface area contributed by atoms with E-state index in [2.05, 4.69) is 29.4 Å². The summed E-state index contributed by atoms with van der Waals surface area (Å²) in [7, 11) is 2.17. The van der Waals surface area contributed by atoms with E-state index in [1.54, 1.807) is 4.90 Å². The second-order valence-electron chi connectivity index (χ2n) is 7.75. The number of nitrogens with zero attached hydrogens (tertiary/aromatic N) is 2. The van der Waals surface area contributed by atoms with Crippen LogP contribution in [0.2, 0.25) is 0 Å². The Kier molecular flexibility index (Phi) is 4.53. The molecule has 0 saturated carbocycles. The fourth-order valence-corrected chi connectivity index (χ4v) is 4.42. The first kappa shape index (κ1) is 17.2. The molecule has 3 aliphatic heterocycles. The van der Waals surface area contributed by atoms with Crippen molar-refractivity contribution in [2.75, 3.05) is 20.1 Å². The number of amides is 3. The second kappa shape index (κ2) is 6.83.